The van der Waals surface area contributed by atoms with E-state index >= 15 is 0 Å². The van der Waals surface area contributed by atoms with Gasteiger partial charge >= 0.3 is 0 Å². The molecular formula is C19H31N3O4. The van der Waals surface area contributed by atoms with Crippen LogP contribution >= 0.6 is 0 Å². The van der Waals surface area contributed by atoms with Crippen molar-refractivity contribution in [1.82, 2.24) is 10.2 Å². The normalized spacial score (nSPS) is 16.8. The second kappa shape index (κ2) is 10.2. The Kier molecular flexibility index (Phi) is 8.00. The summed E-state index contributed by atoms with van der Waals surface area (Å²) in [5, 5.41) is 3.42. The lowest BCUT2D eigenvalue weighted by Gasteiger charge is -2.37. The zero-order valence-electron chi connectivity index (χ0n) is 16.3. The monoisotopic (exact) mass is 365 g/mol. The number of aliphatic imine (C=N–C) groups is 1. The summed E-state index contributed by atoms with van der Waals surface area (Å²) < 4.78 is 22.1. The molecule has 0 amide bonds. The number of likely N-dealkylation sites (N-methyl/N-ethyl adjacent to an activating group) is 1. The van der Waals surface area contributed by atoms with Gasteiger partial charge in [-0.25, -0.2) is 0 Å². The average Bonchev–Trinajstić information content (AvgIpc) is 2.69. The number of nitrogens with zero attached hydrogens (tertiary/aromatic N) is 2. The van der Waals surface area contributed by atoms with Crippen LogP contribution in [0.4, 0.5) is 0 Å². The van der Waals surface area contributed by atoms with Gasteiger partial charge in [0.25, 0.3) is 0 Å². The molecule has 1 aliphatic heterocycles. The van der Waals surface area contributed by atoms with E-state index in [0.717, 1.165) is 50.1 Å². The molecule has 0 unspecified atom stereocenters. The molecule has 1 aliphatic rings. The Labute approximate surface area is 156 Å². The van der Waals surface area contributed by atoms with E-state index in [0.29, 0.717) is 13.2 Å². The van der Waals surface area contributed by atoms with Crippen LogP contribution in [0.25, 0.3) is 0 Å². The van der Waals surface area contributed by atoms with E-state index in [2.05, 4.69) is 10.3 Å². The van der Waals surface area contributed by atoms with E-state index in [1.807, 2.05) is 36.2 Å². The fourth-order valence-corrected chi connectivity index (χ4v) is 2.90. The summed E-state index contributed by atoms with van der Waals surface area (Å²) in [6, 6.07) is 7.58. The third-order valence-corrected chi connectivity index (χ3v) is 4.73. The lowest BCUT2D eigenvalue weighted by Crippen LogP contribution is -2.51. The van der Waals surface area contributed by atoms with Crippen LogP contribution in [0.2, 0.25) is 0 Å². The molecule has 7 heteroatoms. The maximum Gasteiger partial charge on any atom is 0.193 e. The van der Waals surface area contributed by atoms with Crippen LogP contribution in [0.5, 0.6) is 11.5 Å². The minimum Gasteiger partial charge on any atom is -0.497 e. The second-order valence-electron chi connectivity index (χ2n) is 6.35. The van der Waals surface area contributed by atoms with Gasteiger partial charge in [0.15, 0.2) is 5.96 Å². The van der Waals surface area contributed by atoms with Crippen molar-refractivity contribution < 1.29 is 18.9 Å². The largest absolute Gasteiger partial charge is 0.497 e. The van der Waals surface area contributed by atoms with Gasteiger partial charge in [-0.3, -0.25) is 4.99 Å². The Bertz CT molecular complexity index is 556. The van der Waals surface area contributed by atoms with Gasteiger partial charge in [-0.15, -0.1) is 0 Å². The molecule has 0 atom stereocenters. The molecule has 1 aromatic rings. The van der Waals surface area contributed by atoms with E-state index in [1.165, 1.54) is 0 Å². The van der Waals surface area contributed by atoms with Gasteiger partial charge in [-0.1, -0.05) is 0 Å². The highest BCUT2D eigenvalue weighted by Crippen LogP contribution is 2.23. The van der Waals surface area contributed by atoms with Crippen molar-refractivity contribution in [2.75, 3.05) is 61.2 Å². The van der Waals surface area contributed by atoms with E-state index in [4.69, 9.17) is 18.9 Å². The van der Waals surface area contributed by atoms with Gasteiger partial charge in [-0.2, -0.15) is 0 Å². The molecule has 1 saturated heterocycles. The first-order valence-corrected chi connectivity index (χ1v) is 8.94. The predicted octanol–water partition coefficient (Wildman–Crippen LogP) is 1.78. The van der Waals surface area contributed by atoms with Crippen molar-refractivity contribution in [2.24, 2.45) is 4.99 Å². The highest BCUT2D eigenvalue weighted by atomic mass is 16.5. The zero-order chi connectivity index (χ0) is 18.8. The SMILES string of the molecule is CN=C(NCC1(OC)CCOCC1)N(C)CCOc1ccc(OC)cc1. The number of guanidine groups is 1. The summed E-state index contributed by atoms with van der Waals surface area (Å²) in [5.74, 6) is 2.47. The molecule has 0 bridgehead atoms. The first-order chi connectivity index (χ1) is 12.6. The van der Waals surface area contributed by atoms with Gasteiger partial charge in [0.2, 0.25) is 0 Å². The van der Waals surface area contributed by atoms with Gasteiger partial charge in [0.05, 0.1) is 19.3 Å². The number of nitrogens with one attached hydrogen (secondary N) is 1. The Balaban J connectivity index is 1.77. The highest BCUT2D eigenvalue weighted by molar-refractivity contribution is 5.79. The molecule has 2 rings (SSSR count). The number of rotatable bonds is 8. The third-order valence-electron chi connectivity index (χ3n) is 4.73. The van der Waals surface area contributed by atoms with E-state index < -0.39 is 0 Å². The number of ether oxygens (including phenoxy) is 4. The first-order valence-electron chi connectivity index (χ1n) is 8.94. The maximum absolute atomic E-state index is 5.79. The molecule has 1 fully saturated rings. The van der Waals surface area contributed by atoms with Crippen molar-refractivity contribution in [1.29, 1.82) is 0 Å². The highest BCUT2D eigenvalue weighted by Gasteiger charge is 2.32. The van der Waals surface area contributed by atoms with Gasteiger partial charge in [0, 0.05) is 53.8 Å². The number of benzene rings is 1. The molecule has 0 saturated carbocycles. The minimum atomic E-state index is -0.186. The zero-order valence-corrected chi connectivity index (χ0v) is 16.3. The lowest BCUT2D eigenvalue weighted by atomic mass is 9.94. The molecular weight excluding hydrogens is 334 g/mol. The van der Waals surface area contributed by atoms with Crippen LogP contribution in [0.3, 0.4) is 0 Å². The Morgan fingerprint density at radius 1 is 1.19 bits per heavy atom. The number of methoxy groups -OCH3 is 2. The summed E-state index contributed by atoms with van der Waals surface area (Å²) in [7, 11) is 7.20. The van der Waals surface area contributed by atoms with Gasteiger partial charge in [-0.05, 0) is 24.3 Å². The molecule has 0 spiro atoms. The molecule has 0 radical (unpaired) electrons. The molecule has 0 aliphatic carbocycles. The van der Waals surface area contributed by atoms with Crippen LogP contribution in [-0.2, 0) is 9.47 Å². The Morgan fingerprint density at radius 2 is 1.85 bits per heavy atom. The molecule has 146 valence electrons. The second-order valence-corrected chi connectivity index (χ2v) is 6.35. The Hall–Kier alpha value is -1.99. The van der Waals surface area contributed by atoms with Crippen LogP contribution in [0.1, 0.15) is 12.8 Å². The van der Waals surface area contributed by atoms with E-state index in [-0.39, 0.29) is 5.60 Å². The molecule has 0 aromatic heterocycles. The van der Waals surface area contributed by atoms with Crippen LogP contribution < -0.4 is 14.8 Å². The third kappa shape index (κ3) is 5.78. The maximum atomic E-state index is 5.79. The topological polar surface area (TPSA) is 64.6 Å². The summed E-state index contributed by atoms with van der Waals surface area (Å²) in [6.45, 7) is 3.46. The minimum absolute atomic E-state index is 0.186. The van der Waals surface area contributed by atoms with Crippen LogP contribution in [-0.4, -0.2) is 77.7 Å². The van der Waals surface area contributed by atoms with Gasteiger partial charge < -0.3 is 29.2 Å². The van der Waals surface area contributed by atoms with E-state index in [1.54, 1.807) is 21.3 Å². The fourth-order valence-electron chi connectivity index (χ4n) is 2.90. The summed E-state index contributed by atoms with van der Waals surface area (Å²) >= 11 is 0. The average molecular weight is 365 g/mol. The Morgan fingerprint density at radius 3 is 2.42 bits per heavy atom. The lowest BCUT2D eigenvalue weighted by molar-refractivity contribution is -0.0857. The van der Waals surface area contributed by atoms with Crippen molar-refractivity contribution in [2.45, 2.75) is 18.4 Å². The van der Waals surface area contributed by atoms with Crippen molar-refractivity contribution in [3.8, 4) is 11.5 Å². The molecule has 1 N–H and O–H groups in total. The first kappa shape index (κ1) is 20.3. The van der Waals surface area contributed by atoms with Crippen molar-refractivity contribution in [3.05, 3.63) is 24.3 Å². The summed E-state index contributed by atoms with van der Waals surface area (Å²) in [4.78, 5) is 6.41. The summed E-state index contributed by atoms with van der Waals surface area (Å²) in [6.07, 6.45) is 1.77. The quantitative estimate of drug-likeness (QED) is 0.560. The number of hydrogen-bond acceptors (Lipinski definition) is 5. The van der Waals surface area contributed by atoms with Gasteiger partial charge in [0.1, 0.15) is 18.1 Å². The molecule has 7 nitrogen and oxygen atoms in total. The molecule has 26 heavy (non-hydrogen) atoms. The standard InChI is InChI=1S/C19H31N3O4/c1-20-18(21-15-19(24-4)9-12-25-13-10-19)22(2)11-14-26-17-7-5-16(23-3)6-8-17/h5-8H,9-15H2,1-4H3,(H,20,21). The number of hydrogen-bond donors (Lipinski definition) is 1. The van der Waals surface area contributed by atoms with E-state index in [9.17, 15) is 0 Å². The summed E-state index contributed by atoms with van der Waals surface area (Å²) in [5.41, 5.74) is -0.186. The van der Waals surface area contributed by atoms with Crippen LogP contribution in [0.15, 0.2) is 29.3 Å². The predicted molar refractivity (Wildman–Crippen MR) is 102 cm³/mol. The van der Waals surface area contributed by atoms with Crippen molar-refractivity contribution >= 4 is 5.96 Å². The van der Waals surface area contributed by atoms with Crippen molar-refractivity contribution in [3.63, 3.8) is 0 Å². The fraction of sp³-hybridized carbons (Fsp3) is 0.632. The van der Waals surface area contributed by atoms with Crippen LogP contribution in [0, 0.1) is 0 Å². The molecule has 1 heterocycles. The molecule has 1 aromatic carbocycles. The smallest absolute Gasteiger partial charge is 0.193 e.